The van der Waals surface area contributed by atoms with Crippen LogP contribution in [0.25, 0.3) is 10.8 Å². The number of benzene rings is 1. The van der Waals surface area contributed by atoms with E-state index in [1.807, 2.05) is 0 Å². The van der Waals surface area contributed by atoms with Gasteiger partial charge in [0.25, 0.3) is 0 Å². The maximum absolute atomic E-state index is 9.75. The van der Waals surface area contributed by atoms with Gasteiger partial charge in [-0.25, -0.2) is 5.57 Å². The number of rotatable bonds is 1. The SMILES string of the molecule is CC1=[C-]C(C)(C)C(C)=C1C.CP(C)c1cc2ccccc2[cH-]1.[F][Ti][F]. The fourth-order valence-corrected chi connectivity index (χ4v) is 3.59. The van der Waals surface area contributed by atoms with Crippen molar-refractivity contribution in [1.82, 2.24) is 0 Å². The van der Waals surface area contributed by atoms with Gasteiger partial charge in [-0.1, -0.05) is 39.2 Å². The van der Waals surface area contributed by atoms with E-state index in [0.29, 0.717) is 0 Å². The molecule has 0 bridgehead atoms. The minimum atomic E-state index is -2.50. The fourth-order valence-electron chi connectivity index (χ4n) is 2.80. The van der Waals surface area contributed by atoms with Crippen LogP contribution in [0.3, 0.4) is 0 Å². The Morgan fingerprint density at radius 1 is 1.08 bits per heavy atom. The molecule has 0 unspecified atom stereocenters. The molecule has 25 heavy (non-hydrogen) atoms. The molecular weight excluding hydrogens is 369 g/mol. The van der Waals surface area contributed by atoms with Gasteiger partial charge in [0.1, 0.15) is 0 Å². The first-order valence-electron chi connectivity index (χ1n) is 8.23. The molecule has 3 rings (SSSR count). The van der Waals surface area contributed by atoms with Crippen LogP contribution in [0.15, 0.2) is 53.1 Å². The van der Waals surface area contributed by atoms with E-state index in [1.54, 1.807) is 0 Å². The van der Waals surface area contributed by atoms with Gasteiger partial charge in [-0.2, -0.15) is 17.2 Å². The summed E-state index contributed by atoms with van der Waals surface area (Å²) in [4.78, 5) is 0. The Morgan fingerprint density at radius 3 is 2.00 bits per heavy atom. The average Bonchev–Trinajstić information content (AvgIpc) is 3.05. The third kappa shape index (κ3) is 6.21. The van der Waals surface area contributed by atoms with E-state index < -0.39 is 20.2 Å². The first-order chi connectivity index (χ1) is 11.6. The number of hydrogen-bond acceptors (Lipinski definition) is 0. The van der Waals surface area contributed by atoms with Crippen LogP contribution in [-0.4, -0.2) is 13.3 Å². The third-order valence-corrected chi connectivity index (χ3v) is 5.97. The van der Waals surface area contributed by atoms with Gasteiger partial charge in [0.2, 0.25) is 0 Å². The summed E-state index contributed by atoms with van der Waals surface area (Å²) in [6.45, 7) is 15.5. The van der Waals surface area contributed by atoms with E-state index in [-0.39, 0.29) is 13.3 Å². The molecular formula is C21H27F2PTi-2. The van der Waals surface area contributed by atoms with Gasteiger partial charge in [-0.3, -0.25) is 6.08 Å². The minimum absolute atomic E-state index is 0.0576. The Morgan fingerprint density at radius 2 is 1.64 bits per heavy atom. The van der Waals surface area contributed by atoms with Crippen molar-refractivity contribution in [3.05, 3.63) is 59.2 Å². The predicted octanol–water partition coefficient (Wildman–Crippen LogP) is 6.88. The van der Waals surface area contributed by atoms with Crippen LogP contribution in [-0.2, 0) is 20.2 Å². The Hall–Kier alpha value is -0.686. The standard InChI is InChI=1S/C11H12P.C10H15.2FH.Ti/c1-12(2)11-7-9-5-3-4-6-10(9)8-11;1-7-6-10(4,5)9(3)8(7)2;;;/h3-8H,1-2H3;1-5H3;2*1H;/q2*-1;;;+2/p-2. The topological polar surface area (TPSA) is 0 Å². The van der Waals surface area contributed by atoms with Crippen LogP contribution in [0.2, 0.25) is 0 Å². The van der Waals surface area contributed by atoms with Crippen molar-refractivity contribution in [2.24, 2.45) is 5.41 Å². The van der Waals surface area contributed by atoms with E-state index in [0.717, 1.165) is 0 Å². The van der Waals surface area contributed by atoms with Gasteiger partial charge in [0.15, 0.2) is 0 Å². The summed E-state index contributed by atoms with van der Waals surface area (Å²) in [6, 6.07) is 13.2. The summed E-state index contributed by atoms with van der Waals surface area (Å²) in [6.07, 6.45) is 3.44. The van der Waals surface area contributed by atoms with Crippen LogP contribution in [0.5, 0.6) is 0 Å². The van der Waals surface area contributed by atoms with Gasteiger partial charge in [0, 0.05) is 0 Å². The fraction of sp³-hybridized carbons (Fsp3) is 0.381. The van der Waals surface area contributed by atoms with Crippen LogP contribution in [0.4, 0.5) is 6.18 Å². The molecule has 136 valence electrons. The van der Waals surface area contributed by atoms with Crippen molar-refractivity contribution in [2.45, 2.75) is 34.6 Å². The average molecular weight is 396 g/mol. The van der Waals surface area contributed by atoms with Crippen LogP contribution >= 0.6 is 7.92 Å². The van der Waals surface area contributed by atoms with Crippen molar-refractivity contribution < 1.29 is 26.4 Å². The number of fused-ring (bicyclic) bond motifs is 1. The number of hydrogen-bond donors (Lipinski definition) is 0. The molecule has 2 aromatic carbocycles. The van der Waals surface area contributed by atoms with E-state index >= 15 is 0 Å². The molecule has 0 N–H and O–H groups in total. The third-order valence-electron chi connectivity index (χ3n) is 4.68. The molecule has 0 saturated heterocycles. The van der Waals surface area contributed by atoms with Crippen molar-refractivity contribution in [3.63, 3.8) is 0 Å². The van der Waals surface area contributed by atoms with Gasteiger partial charge in [-0.15, -0.1) is 55.2 Å². The molecule has 1 aliphatic rings. The Balaban J connectivity index is 0.000000220. The first-order valence-corrected chi connectivity index (χ1v) is 11.6. The molecule has 0 spiro atoms. The summed E-state index contributed by atoms with van der Waals surface area (Å²) in [5.41, 5.74) is 4.39. The van der Waals surface area contributed by atoms with E-state index in [2.05, 4.69) is 90.4 Å². The summed E-state index contributed by atoms with van der Waals surface area (Å²) in [7, 11) is 0.0576. The molecule has 0 heterocycles. The van der Waals surface area contributed by atoms with E-state index in [1.165, 1.54) is 32.8 Å². The van der Waals surface area contributed by atoms with Crippen molar-refractivity contribution in [1.29, 1.82) is 0 Å². The summed E-state index contributed by atoms with van der Waals surface area (Å²) >= 11 is -2.50. The monoisotopic (exact) mass is 396 g/mol. The van der Waals surface area contributed by atoms with Crippen LogP contribution in [0, 0.1) is 11.5 Å². The second-order valence-electron chi connectivity index (χ2n) is 6.93. The molecule has 0 fully saturated rings. The van der Waals surface area contributed by atoms with E-state index in [9.17, 15) is 6.18 Å². The van der Waals surface area contributed by atoms with Crippen LogP contribution in [0.1, 0.15) is 34.6 Å². The second-order valence-corrected chi connectivity index (χ2v) is 9.46. The van der Waals surface area contributed by atoms with Crippen molar-refractivity contribution in [3.8, 4) is 0 Å². The first kappa shape index (κ1) is 22.4. The molecule has 4 heteroatoms. The normalized spacial score (nSPS) is 15.4. The second kappa shape index (κ2) is 9.86. The summed E-state index contributed by atoms with van der Waals surface area (Å²) in [5, 5.41) is 4.26. The zero-order valence-electron chi connectivity index (χ0n) is 16.2. The molecule has 2 aromatic rings. The molecule has 0 aromatic heterocycles. The van der Waals surface area contributed by atoms with Gasteiger partial charge < -0.3 is 0 Å². The Kier molecular flexibility index (Phi) is 8.82. The van der Waals surface area contributed by atoms with Crippen molar-refractivity contribution in [2.75, 3.05) is 13.3 Å². The maximum atomic E-state index is 9.75. The van der Waals surface area contributed by atoms with E-state index in [4.69, 9.17) is 0 Å². The van der Waals surface area contributed by atoms with Crippen molar-refractivity contribution >= 4 is 24.0 Å². The Bertz CT molecular complexity index is 721. The molecule has 0 radical (unpaired) electrons. The zero-order valence-corrected chi connectivity index (χ0v) is 18.6. The molecule has 0 aliphatic heterocycles. The summed E-state index contributed by atoms with van der Waals surface area (Å²) in [5.74, 6) is 0. The van der Waals surface area contributed by atoms with Crippen LogP contribution < -0.4 is 5.30 Å². The molecule has 0 atom stereocenters. The molecule has 0 amide bonds. The zero-order chi connectivity index (χ0) is 19.2. The number of allylic oxidation sites excluding steroid dienone is 4. The summed E-state index contributed by atoms with van der Waals surface area (Å²) < 4.78 is 19.5. The quantitative estimate of drug-likeness (QED) is 0.280. The number of halogens is 2. The molecule has 0 saturated carbocycles. The Labute approximate surface area is 162 Å². The predicted molar refractivity (Wildman–Crippen MR) is 105 cm³/mol. The van der Waals surface area contributed by atoms with Gasteiger partial charge >= 0.3 is 26.4 Å². The molecule has 0 nitrogen and oxygen atoms in total. The van der Waals surface area contributed by atoms with Gasteiger partial charge in [0.05, 0.1) is 0 Å². The van der Waals surface area contributed by atoms with Gasteiger partial charge in [-0.05, 0) is 13.3 Å². The molecule has 1 aliphatic carbocycles.